The van der Waals surface area contributed by atoms with Crippen molar-refractivity contribution in [2.75, 3.05) is 0 Å². The summed E-state index contributed by atoms with van der Waals surface area (Å²) < 4.78 is 0. The first-order chi connectivity index (χ1) is 6.81. The van der Waals surface area contributed by atoms with E-state index in [1.807, 2.05) is 33.0 Å². The molecule has 0 fully saturated rings. The van der Waals surface area contributed by atoms with Gasteiger partial charge >= 0.3 is 0 Å². The monoisotopic (exact) mass is 191 g/mol. The first kappa shape index (κ1) is 10.7. The third-order valence-electron chi connectivity index (χ3n) is 1.94. The van der Waals surface area contributed by atoms with Crippen molar-refractivity contribution in [1.82, 2.24) is 15.0 Å². The van der Waals surface area contributed by atoms with E-state index < -0.39 is 0 Å². The summed E-state index contributed by atoms with van der Waals surface area (Å²) in [5, 5.41) is 1.14. The molecule has 0 aromatic carbocycles. The maximum Gasteiger partial charge on any atom is 0.141 e. The summed E-state index contributed by atoms with van der Waals surface area (Å²) in [5.74, 6) is 0.835. The summed E-state index contributed by atoms with van der Waals surface area (Å²) >= 11 is 0. The fourth-order valence-corrected chi connectivity index (χ4v) is 1.40. The molecule has 0 aliphatic heterocycles. The van der Waals surface area contributed by atoms with Crippen LogP contribution in [-0.4, -0.2) is 15.0 Å². The van der Waals surface area contributed by atoms with Gasteiger partial charge in [0.2, 0.25) is 0 Å². The van der Waals surface area contributed by atoms with Crippen LogP contribution in [0, 0.1) is 6.92 Å². The molecule has 0 aliphatic carbocycles. The zero-order chi connectivity index (χ0) is 10.6. The van der Waals surface area contributed by atoms with Crippen molar-refractivity contribution in [2.45, 2.75) is 34.1 Å². The molecule has 0 saturated heterocycles. The first-order valence-electron chi connectivity index (χ1n) is 5.12. The van der Waals surface area contributed by atoms with Gasteiger partial charge in [-0.15, -0.1) is 0 Å². The summed E-state index contributed by atoms with van der Waals surface area (Å²) in [5.41, 5.74) is 2.07. The fourth-order valence-electron chi connectivity index (χ4n) is 1.40. The van der Waals surface area contributed by atoms with Gasteiger partial charge in [0.05, 0.1) is 5.69 Å². The summed E-state index contributed by atoms with van der Waals surface area (Å²) in [6, 6.07) is 2.02. The van der Waals surface area contributed by atoms with Gasteiger partial charge in [0.1, 0.15) is 11.5 Å². The van der Waals surface area contributed by atoms with Gasteiger partial charge in [-0.1, -0.05) is 20.8 Å². The molecule has 3 nitrogen and oxygen atoms in total. The Morgan fingerprint density at radius 1 is 1.29 bits per heavy atom. The van der Waals surface area contributed by atoms with Gasteiger partial charge in [0.15, 0.2) is 0 Å². The molecule has 0 amide bonds. The van der Waals surface area contributed by atoms with Gasteiger partial charge in [0.25, 0.3) is 0 Å². The molecule has 3 heteroatoms. The lowest BCUT2D eigenvalue weighted by atomic mass is 10.2. The average molecular weight is 191 g/mol. The number of rotatable bonds is 1. The van der Waals surface area contributed by atoms with Crippen LogP contribution in [0.3, 0.4) is 0 Å². The molecule has 0 bridgehead atoms. The molecule has 0 spiro atoms. The lowest BCUT2D eigenvalue weighted by Crippen LogP contribution is -1.94. The van der Waals surface area contributed by atoms with E-state index in [0.717, 1.165) is 29.0 Å². The molecule has 0 atom stereocenters. The normalized spacial score (nSPS) is 9.71. The largest absolute Gasteiger partial charge is 0.346 e. The van der Waals surface area contributed by atoms with Crippen molar-refractivity contribution >= 4 is 11.0 Å². The molecular weight excluding hydrogens is 174 g/mol. The molecule has 1 N–H and O–H groups in total. The Bertz CT molecular complexity index is 404. The predicted octanol–water partition coefficient (Wildman–Crippen LogP) is 2.85. The van der Waals surface area contributed by atoms with Crippen LogP contribution in [0.2, 0.25) is 0 Å². The highest BCUT2D eigenvalue weighted by Gasteiger charge is 2.03. The van der Waals surface area contributed by atoms with Crippen molar-refractivity contribution in [2.24, 2.45) is 0 Å². The second-order valence-electron chi connectivity index (χ2n) is 2.81. The summed E-state index contributed by atoms with van der Waals surface area (Å²) in [6.45, 7) is 8.02. The number of nitrogens with one attached hydrogen (secondary N) is 1. The molecule has 2 aromatic rings. The van der Waals surface area contributed by atoms with E-state index in [-0.39, 0.29) is 0 Å². The van der Waals surface area contributed by atoms with Crippen LogP contribution in [-0.2, 0) is 6.42 Å². The van der Waals surface area contributed by atoms with Gasteiger partial charge in [-0.25, -0.2) is 9.97 Å². The van der Waals surface area contributed by atoms with E-state index in [2.05, 4.69) is 21.9 Å². The van der Waals surface area contributed by atoms with Crippen LogP contribution >= 0.6 is 0 Å². The number of aromatic nitrogens is 3. The van der Waals surface area contributed by atoms with Crippen LogP contribution in [0.4, 0.5) is 0 Å². The van der Waals surface area contributed by atoms with E-state index in [0.29, 0.717) is 0 Å². The highest BCUT2D eigenvalue weighted by atomic mass is 14.9. The zero-order valence-corrected chi connectivity index (χ0v) is 9.26. The van der Waals surface area contributed by atoms with Crippen molar-refractivity contribution in [3.63, 3.8) is 0 Å². The Hall–Kier alpha value is -1.38. The third kappa shape index (κ3) is 1.92. The lowest BCUT2D eigenvalue weighted by Gasteiger charge is -1.99. The smallest absolute Gasteiger partial charge is 0.141 e. The number of fused-ring (bicyclic) bond motifs is 1. The minimum Gasteiger partial charge on any atom is -0.346 e. The van der Waals surface area contributed by atoms with E-state index in [1.165, 1.54) is 0 Å². The highest BCUT2D eigenvalue weighted by molar-refractivity contribution is 5.77. The molecule has 0 unspecified atom stereocenters. The van der Waals surface area contributed by atoms with Crippen molar-refractivity contribution < 1.29 is 0 Å². The minimum atomic E-state index is 0.835. The number of hydrogen-bond donors (Lipinski definition) is 1. The van der Waals surface area contributed by atoms with Gasteiger partial charge in [-0.05, 0) is 19.4 Å². The molecule has 76 valence electrons. The standard InChI is InChI=1S/C9H11N3.C2H6/c1-3-8-7-4-5-10-9(7)12-6(2)11-8;1-2/h4-5H,3H2,1-2H3,(H,10,11,12);1-2H3. The lowest BCUT2D eigenvalue weighted by molar-refractivity contribution is 0.978. The second-order valence-corrected chi connectivity index (χ2v) is 2.81. The molecule has 2 heterocycles. The molecule has 0 aliphatic rings. The fraction of sp³-hybridized carbons (Fsp3) is 0.455. The van der Waals surface area contributed by atoms with Crippen LogP contribution in [0.15, 0.2) is 12.3 Å². The number of hydrogen-bond acceptors (Lipinski definition) is 2. The molecule has 0 saturated carbocycles. The molecule has 2 rings (SSSR count). The number of nitrogens with zero attached hydrogens (tertiary/aromatic N) is 2. The SMILES string of the molecule is CC.CCc1nc(C)nc2[nH]ccc12. The maximum atomic E-state index is 4.36. The minimum absolute atomic E-state index is 0.835. The average Bonchev–Trinajstić information content (AvgIpc) is 2.67. The Labute approximate surface area is 84.6 Å². The summed E-state index contributed by atoms with van der Waals surface area (Å²) in [4.78, 5) is 11.7. The molecular formula is C11H17N3. The van der Waals surface area contributed by atoms with Crippen molar-refractivity contribution in [1.29, 1.82) is 0 Å². The maximum absolute atomic E-state index is 4.36. The van der Waals surface area contributed by atoms with Crippen molar-refractivity contribution in [3.8, 4) is 0 Å². The molecule has 14 heavy (non-hydrogen) atoms. The van der Waals surface area contributed by atoms with Gasteiger partial charge in [-0.2, -0.15) is 0 Å². The summed E-state index contributed by atoms with van der Waals surface area (Å²) in [6.07, 6.45) is 2.86. The Morgan fingerprint density at radius 3 is 2.64 bits per heavy atom. The highest BCUT2D eigenvalue weighted by Crippen LogP contribution is 2.14. The van der Waals surface area contributed by atoms with Crippen molar-refractivity contribution in [3.05, 3.63) is 23.8 Å². The van der Waals surface area contributed by atoms with Crippen LogP contribution < -0.4 is 0 Å². The second kappa shape index (κ2) is 4.74. The molecule has 2 aromatic heterocycles. The predicted molar refractivity (Wildman–Crippen MR) is 59.4 cm³/mol. The van der Waals surface area contributed by atoms with Crippen LogP contribution in [0.5, 0.6) is 0 Å². The zero-order valence-electron chi connectivity index (χ0n) is 9.26. The van der Waals surface area contributed by atoms with Gasteiger partial charge in [0, 0.05) is 11.6 Å². The quantitative estimate of drug-likeness (QED) is 0.753. The number of H-pyrrole nitrogens is 1. The van der Waals surface area contributed by atoms with Crippen LogP contribution in [0.1, 0.15) is 32.3 Å². The van der Waals surface area contributed by atoms with E-state index >= 15 is 0 Å². The Balaban J connectivity index is 0.000000461. The summed E-state index contributed by atoms with van der Waals surface area (Å²) in [7, 11) is 0. The van der Waals surface area contributed by atoms with Crippen LogP contribution in [0.25, 0.3) is 11.0 Å². The van der Waals surface area contributed by atoms with E-state index in [4.69, 9.17) is 0 Å². The Morgan fingerprint density at radius 2 is 2.00 bits per heavy atom. The van der Waals surface area contributed by atoms with E-state index in [1.54, 1.807) is 0 Å². The first-order valence-corrected chi connectivity index (χ1v) is 5.12. The molecule has 0 radical (unpaired) electrons. The third-order valence-corrected chi connectivity index (χ3v) is 1.94. The van der Waals surface area contributed by atoms with Gasteiger partial charge < -0.3 is 4.98 Å². The van der Waals surface area contributed by atoms with Gasteiger partial charge in [-0.3, -0.25) is 0 Å². The Kier molecular flexibility index (Phi) is 3.63. The topological polar surface area (TPSA) is 41.6 Å². The number of aryl methyl sites for hydroxylation is 2. The number of aromatic amines is 1. The van der Waals surface area contributed by atoms with E-state index in [9.17, 15) is 0 Å².